The number of alkyl halides is 2. The van der Waals surface area contributed by atoms with Crippen molar-refractivity contribution in [3.63, 3.8) is 0 Å². The van der Waals surface area contributed by atoms with Gasteiger partial charge in [-0.25, -0.2) is 8.78 Å². The van der Waals surface area contributed by atoms with Crippen LogP contribution in [0.2, 0.25) is 0 Å². The largest absolute Gasteiger partial charge is 0.494 e. The molecule has 3 fully saturated rings. The summed E-state index contributed by atoms with van der Waals surface area (Å²) in [5.74, 6) is -8.21. The van der Waals surface area contributed by atoms with Gasteiger partial charge in [0, 0.05) is 108 Å². The number of aryl methyl sites for hydroxylation is 2. The van der Waals surface area contributed by atoms with Crippen LogP contribution >= 0.6 is 11.8 Å². The van der Waals surface area contributed by atoms with Crippen LogP contribution in [0.3, 0.4) is 0 Å². The molecule has 6 amide bonds. The molecule has 6 rings (SSSR count). The second kappa shape index (κ2) is 34.8. The minimum atomic E-state index is -3.19. The van der Waals surface area contributed by atoms with Crippen LogP contribution in [0.4, 0.5) is 8.78 Å². The Balaban J connectivity index is 1.000. The molecule has 0 aliphatic carbocycles. The number of carboxylic acid groups (broad SMARTS) is 3. The zero-order valence-electron chi connectivity index (χ0n) is 50.0. The first-order chi connectivity index (χ1) is 42.0. The minimum absolute atomic E-state index is 0.0853. The van der Waals surface area contributed by atoms with Crippen molar-refractivity contribution >= 4 is 76.0 Å². The van der Waals surface area contributed by atoms with Gasteiger partial charge in [-0.3, -0.25) is 67.7 Å². The van der Waals surface area contributed by atoms with Gasteiger partial charge in [0.1, 0.15) is 23.9 Å². The summed E-state index contributed by atoms with van der Waals surface area (Å²) >= 11 is 1.33. The molecule has 3 aliphatic rings. The van der Waals surface area contributed by atoms with Crippen molar-refractivity contribution in [1.29, 1.82) is 5.26 Å². The molecule has 7 N–H and O–H groups in total. The molecule has 25 nitrogen and oxygen atoms in total. The molecule has 0 spiro atoms. The number of nitriles is 1. The number of pyridine rings is 1. The number of piperidine rings is 1. The molecule has 0 saturated carbocycles. The van der Waals surface area contributed by atoms with Gasteiger partial charge in [0.2, 0.25) is 29.5 Å². The van der Waals surface area contributed by atoms with Gasteiger partial charge in [-0.15, -0.1) is 0 Å². The van der Waals surface area contributed by atoms with Gasteiger partial charge in [-0.05, 0) is 88.1 Å². The highest BCUT2D eigenvalue weighted by molar-refractivity contribution is 7.99. The molecule has 88 heavy (non-hydrogen) atoms. The predicted octanol–water partition coefficient (Wildman–Crippen LogP) is 1.77. The zero-order chi connectivity index (χ0) is 63.8. The Hall–Kier alpha value is -7.58. The van der Waals surface area contributed by atoms with Gasteiger partial charge in [0.25, 0.3) is 11.8 Å². The summed E-state index contributed by atoms with van der Waals surface area (Å²) < 4.78 is 33.9. The summed E-state index contributed by atoms with van der Waals surface area (Å²) in [6.07, 6.45) is 5.29. The predicted molar refractivity (Wildman–Crippen MR) is 321 cm³/mol. The Kier molecular flexibility index (Phi) is 27.5. The molecule has 3 aromatic rings. The van der Waals surface area contributed by atoms with E-state index in [4.69, 9.17) is 4.74 Å². The zero-order valence-corrected chi connectivity index (χ0v) is 50.8. The summed E-state index contributed by atoms with van der Waals surface area (Å²) in [5.41, 5.74) is 2.97. The highest BCUT2D eigenvalue weighted by atomic mass is 32.2. The Morgan fingerprint density at radius 1 is 0.773 bits per heavy atom. The maximum absolute atomic E-state index is 14.1. The topological polar surface area (TPSA) is 328 Å². The maximum Gasteiger partial charge on any atom is 0.317 e. The van der Waals surface area contributed by atoms with E-state index >= 15 is 0 Å². The van der Waals surface area contributed by atoms with Crippen molar-refractivity contribution in [1.82, 2.24) is 55.7 Å². The number of hydrogen-bond donors (Lipinski definition) is 7. The lowest BCUT2D eigenvalue weighted by molar-refractivity contribution is -0.140. The van der Waals surface area contributed by atoms with Crippen molar-refractivity contribution in [3.05, 3.63) is 71.4 Å². The lowest BCUT2D eigenvalue weighted by Gasteiger charge is -2.34. The van der Waals surface area contributed by atoms with E-state index in [-0.39, 0.29) is 108 Å². The number of thioether (sulfide) groups is 1. The summed E-state index contributed by atoms with van der Waals surface area (Å²) in [7, 11) is 0. The van der Waals surface area contributed by atoms with Gasteiger partial charge in [-0.2, -0.15) is 17.0 Å². The number of amides is 6. The summed E-state index contributed by atoms with van der Waals surface area (Å²) in [6, 6.07) is 13.0. The monoisotopic (exact) mass is 1250 g/mol. The molecule has 3 atom stereocenters. The average Bonchev–Trinajstić information content (AvgIpc) is 3.18. The number of aliphatic carboxylic acids is 3. The number of carboxylic acids is 3. The van der Waals surface area contributed by atoms with Crippen LogP contribution in [0.25, 0.3) is 10.9 Å². The van der Waals surface area contributed by atoms with Gasteiger partial charge in [0.05, 0.1) is 63.0 Å². The van der Waals surface area contributed by atoms with E-state index in [0.717, 1.165) is 28.9 Å². The number of carbonyl (C=O) groups is 9. The van der Waals surface area contributed by atoms with Crippen molar-refractivity contribution in [2.45, 2.75) is 89.3 Å². The van der Waals surface area contributed by atoms with E-state index in [2.05, 4.69) is 26.3 Å². The fourth-order valence-electron chi connectivity index (χ4n) is 10.8. The normalized spacial score (nSPS) is 18.2. The molecule has 0 unspecified atom stereocenters. The van der Waals surface area contributed by atoms with Crippen LogP contribution in [0, 0.1) is 24.2 Å². The molecule has 3 saturated heterocycles. The number of nitrogens with zero attached hydrogens (tertiary/aromatic N) is 8. The second-order valence-electron chi connectivity index (χ2n) is 22.6. The molecule has 3 aliphatic heterocycles. The van der Waals surface area contributed by atoms with Crippen molar-refractivity contribution in [3.8, 4) is 11.8 Å². The maximum atomic E-state index is 14.1. The number of fused-ring (bicyclic) bond motifs is 1. The molecule has 0 radical (unpaired) electrons. The molecule has 0 bridgehead atoms. The first-order valence-corrected chi connectivity index (χ1v) is 30.9. The van der Waals surface area contributed by atoms with Crippen molar-refractivity contribution in [2.75, 3.05) is 129 Å². The van der Waals surface area contributed by atoms with Crippen LogP contribution in [0.5, 0.6) is 5.75 Å². The highest BCUT2D eigenvalue weighted by Gasteiger charge is 2.47. The molecule has 2 aromatic carbocycles. The summed E-state index contributed by atoms with van der Waals surface area (Å²) in [6.45, 7) is 3.91. The lowest BCUT2D eigenvalue weighted by Crippen LogP contribution is -2.56. The first kappa shape index (κ1) is 69.5. The number of nitrogens with one attached hydrogen (secondary N) is 4. The van der Waals surface area contributed by atoms with Crippen LogP contribution in [0.15, 0.2) is 54.7 Å². The third kappa shape index (κ3) is 23.5. The van der Waals surface area contributed by atoms with Crippen LogP contribution in [0.1, 0.15) is 73.4 Å². The molecule has 1 aromatic heterocycles. The fraction of sp³-hybridized carbons (Fsp3) is 0.583. The second-order valence-corrected chi connectivity index (χ2v) is 23.8. The number of hydrogen-bond acceptors (Lipinski definition) is 17. The molecule has 28 heteroatoms. The van der Waals surface area contributed by atoms with Crippen LogP contribution < -0.4 is 26.0 Å². The quantitative estimate of drug-likeness (QED) is 0.0487. The number of ether oxygens (including phenoxy) is 1. The molecular formula is C60H82F2N12O13S. The Morgan fingerprint density at radius 2 is 1.38 bits per heavy atom. The third-order valence-corrected chi connectivity index (χ3v) is 16.7. The van der Waals surface area contributed by atoms with Gasteiger partial charge < -0.3 is 51.1 Å². The third-order valence-electron chi connectivity index (χ3n) is 15.6. The van der Waals surface area contributed by atoms with E-state index in [1.54, 1.807) is 55.7 Å². The van der Waals surface area contributed by atoms with Crippen LogP contribution in [-0.2, 0) is 44.8 Å². The SMILES string of the molecule is Cc1ccc(CCCC(=O)NCCSC[C@H](NC(=O)CN2CCN(CC(=O)O)CCN(CC(=O)O)CCN(CC(=O)O)CC2)C(=O)N[C@@H](C)C(=O)N2CCC(CCCOc3ccc4nccc(C(=O)NCC(=O)N5CC(F)(F)C[C@@H]5C#N)c4c3)CC2)cc1. The van der Waals surface area contributed by atoms with Gasteiger partial charge >= 0.3 is 17.9 Å². The van der Waals surface area contributed by atoms with Crippen LogP contribution in [-0.4, -0.2) is 256 Å². The Morgan fingerprint density at radius 3 is 1.97 bits per heavy atom. The minimum Gasteiger partial charge on any atom is -0.494 e. The van der Waals surface area contributed by atoms with E-state index in [9.17, 15) is 72.5 Å². The summed E-state index contributed by atoms with van der Waals surface area (Å²) in [4.78, 5) is 130. The van der Waals surface area contributed by atoms with Crippen molar-refractivity contribution in [2.24, 2.45) is 5.92 Å². The smallest absolute Gasteiger partial charge is 0.317 e. The fourth-order valence-corrected chi connectivity index (χ4v) is 11.7. The lowest BCUT2D eigenvalue weighted by atomic mass is 9.92. The van der Waals surface area contributed by atoms with Gasteiger partial charge in [-0.1, -0.05) is 29.8 Å². The van der Waals surface area contributed by atoms with E-state index in [0.29, 0.717) is 80.8 Å². The number of likely N-dealkylation sites (tertiary alicyclic amines) is 2. The van der Waals surface area contributed by atoms with E-state index < -0.39 is 85.1 Å². The number of carbonyl (C=O) groups excluding carboxylic acids is 6. The summed E-state index contributed by atoms with van der Waals surface area (Å²) in [5, 5.41) is 49.7. The molecule has 480 valence electrons. The van der Waals surface area contributed by atoms with Crippen molar-refractivity contribution < 1.29 is 72.0 Å². The Labute approximate surface area is 514 Å². The number of aromatic nitrogens is 1. The number of rotatable bonds is 29. The first-order valence-electron chi connectivity index (χ1n) is 29.7. The highest BCUT2D eigenvalue weighted by Crippen LogP contribution is 2.32. The molecule has 4 heterocycles. The Bertz CT molecular complexity index is 2900. The van der Waals surface area contributed by atoms with E-state index in [1.807, 2.05) is 31.2 Å². The van der Waals surface area contributed by atoms with E-state index in [1.165, 1.54) is 24.0 Å². The molecular weight excluding hydrogens is 1170 g/mol. The van der Waals surface area contributed by atoms with Gasteiger partial charge in [0.15, 0.2) is 0 Å². The average molecular weight is 1250 g/mol. The number of benzene rings is 2. The standard InChI is InChI=1S/C60H82F2N12O13S/c1-41-8-10-43(11-9-41)5-3-7-51(75)65-18-30-88-39-50(68-52(76)35-69-21-23-70(36-54(78)79)25-27-72(38-56(82)83)28-26-71(24-22-69)37-55(80)81)58(85)67-42(2)59(86)73-19-15-44(16-20-73)6-4-29-87-46-12-13-49-48(31-46)47(14-17-64-49)57(84)66-34-53(77)74-40-60(61,62)32-45(74)33-63/h8-14,17,31,42,44-45,50H,3-7,15-16,18-30,32,34-40H2,1-2H3,(H,65,75)(H,66,84)(H,67,85)(H,68,76)(H,78,79)(H,80,81)(H,82,83)/t42-,45+,50-/m0/s1. The number of halogens is 2.